The van der Waals surface area contributed by atoms with Gasteiger partial charge in [-0.15, -0.1) is 0 Å². The Morgan fingerprint density at radius 2 is 1.75 bits per heavy atom. The molecule has 5 nitrogen and oxygen atoms in total. The summed E-state index contributed by atoms with van der Waals surface area (Å²) < 4.78 is 5.19. The number of nitrogens with one attached hydrogen (secondary N) is 1. The summed E-state index contributed by atoms with van der Waals surface area (Å²) in [5.74, 6) is -0.0503. The molecule has 0 unspecified atom stereocenters. The fourth-order valence-electron chi connectivity index (χ4n) is 1.85. The third kappa shape index (κ3) is 7.16. The molecule has 1 heterocycles. The van der Waals surface area contributed by atoms with Crippen LogP contribution in [0, 0.1) is 0 Å². The van der Waals surface area contributed by atoms with Gasteiger partial charge in [0.15, 0.2) is 0 Å². The van der Waals surface area contributed by atoms with Crippen LogP contribution in [0.15, 0.2) is 12.7 Å². The molecule has 0 radical (unpaired) electrons. The van der Waals surface area contributed by atoms with E-state index in [4.69, 9.17) is 4.74 Å². The van der Waals surface area contributed by atoms with E-state index < -0.39 is 11.7 Å². The van der Waals surface area contributed by atoms with Crippen LogP contribution in [-0.2, 0) is 9.53 Å². The van der Waals surface area contributed by atoms with Gasteiger partial charge in [-0.1, -0.05) is 20.4 Å². The molecular formula is C15H28N2O3. The van der Waals surface area contributed by atoms with Crippen LogP contribution in [0.3, 0.4) is 0 Å². The van der Waals surface area contributed by atoms with Crippen molar-refractivity contribution in [1.29, 1.82) is 0 Å². The lowest BCUT2D eigenvalue weighted by atomic mass is 10.1. The molecule has 116 valence electrons. The maximum atomic E-state index is 11.6. The molecule has 2 amide bonds. The first-order valence-electron chi connectivity index (χ1n) is 7.22. The first-order chi connectivity index (χ1) is 9.31. The van der Waals surface area contributed by atoms with E-state index in [1.807, 2.05) is 34.6 Å². The third-order valence-electron chi connectivity index (χ3n) is 2.70. The van der Waals surface area contributed by atoms with Gasteiger partial charge in [-0.25, -0.2) is 4.79 Å². The van der Waals surface area contributed by atoms with Crippen molar-refractivity contribution in [3.63, 3.8) is 0 Å². The van der Waals surface area contributed by atoms with Gasteiger partial charge in [-0.05, 0) is 39.7 Å². The number of hydrogen-bond acceptors (Lipinski definition) is 3. The summed E-state index contributed by atoms with van der Waals surface area (Å²) in [6.45, 7) is 14.2. The molecular weight excluding hydrogens is 256 g/mol. The fraction of sp³-hybridized carbons (Fsp3) is 0.733. The van der Waals surface area contributed by atoms with E-state index in [1.165, 1.54) is 6.08 Å². The van der Waals surface area contributed by atoms with Gasteiger partial charge in [0, 0.05) is 19.1 Å². The van der Waals surface area contributed by atoms with Crippen LogP contribution >= 0.6 is 0 Å². The number of carbonyl (C=O) groups is 2. The van der Waals surface area contributed by atoms with E-state index in [1.54, 1.807) is 4.90 Å². The molecule has 1 aliphatic rings. The van der Waals surface area contributed by atoms with Crippen molar-refractivity contribution in [1.82, 2.24) is 10.2 Å². The summed E-state index contributed by atoms with van der Waals surface area (Å²) in [5.41, 5.74) is -0.483. The van der Waals surface area contributed by atoms with Crippen LogP contribution in [0.1, 0.15) is 47.5 Å². The number of nitrogens with zero attached hydrogens (tertiary/aromatic N) is 1. The molecule has 1 rings (SSSR count). The number of likely N-dealkylation sites (tertiary alicyclic amines) is 1. The van der Waals surface area contributed by atoms with Crippen LogP contribution in [-0.4, -0.2) is 41.6 Å². The zero-order valence-corrected chi connectivity index (χ0v) is 13.4. The van der Waals surface area contributed by atoms with Gasteiger partial charge in [0.2, 0.25) is 5.91 Å². The molecule has 1 N–H and O–H groups in total. The number of hydrogen-bond donors (Lipinski definition) is 1. The summed E-state index contributed by atoms with van der Waals surface area (Å²) >= 11 is 0. The molecule has 0 aromatic heterocycles. The van der Waals surface area contributed by atoms with Crippen molar-refractivity contribution in [2.75, 3.05) is 13.1 Å². The van der Waals surface area contributed by atoms with E-state index in [-0.39, 0.29) is 11.9 Å². The predicted octanol–water partition coefficient (Wildman–Crippen LogP) is 2.71. The van der Waals surface area contributed by atoms with E-state index in [0.29, 0.717) is 13.1 Å². The van der Waals surface area contributed by atoms with Gasteiger partial charge in [-0.2, -0.15) is 0 Å². The van der Waals surface area contributed by atoms with Crippen molar-refractivity contribution in [2.45, 2.75) is 59.1 Å². The molecule has 1 fully saturated rings. The second-order valence-electron chi connectivity index (χ2n) is 5.45. The minimum Gasteiger partial charge on any atom is -0.444 e. The molecule has 0 aliphatic carbocycles. The summed E-state index contributed by atoms with van der Waals surface area (Å²) in [5, 5.41) is 2.83. The standard InChI is InChI=1S/C13H22N2O3.C2H6/c1-5-11(16)15-8-6-10(7-9-15)14-12(17)18-13(2,3)4;1-2/h5,10H,1,6-9H2,2-4H3,(H,14,17);1-2H3. The van der Waals surface area contributed by atoms with Crippen molar-refractivity contribution >= 4 is 12.0 Å². The van der Waals surface area contributed by atoms with Gasteiger partial charge in [-0.3, -0.25) is 4.79 Å². The number of carbonyl (C=O) groups excluding carboxylic acids is 2. The molecule has 0 atom stereocenters. The summed E-state index contributed by atoms with van der Waals surface area (Å²) in [6, 6.07) is 0.0775. The molecule has 1 aliphatic heterocycles. The zero-order valence-electron chi connectivity index (χ0n) is 13.4. The van der Waals surface area contributed by atoms with E-state index in [9.17, 15) is 9.59 Å². The molecule has 0 bridgehead atoms. The molecule has 0 saturated carbocycles. The SMILES string of the molecule is C=CC(=O)N1CCC(NC(=O)OC(C)(C)C)CC1.CC. The average Bonchev–Trinajstić information content (AvgIpc) is 2.39. The van der Waals surface area contributed by atoms with Crippen molar-refractivity contribution in [3.05, 3.63) is 12.7 Å². The number of ether oxygens (including phenoxy) is 1. The van der Waals surface area contributed by atoms with Gasteiger partial charge in [0.1, 0.15) is 5.60 Å². The highest BCUT2D eigenvalue weighted by molar-refractivity contribution is 5.87. The number of rotatable bonds is 2. The summed E-state index contributed by atoms with van der Waals surface area (Å²) in [6.07, 6.45) is 2.43. The van der Waals surface area contributed by atoms with Gasteiger partial charge in [0.25, 0.3) is 0 Å². The first-order valence-corrected chi connectivity index (χ1v) is 7.22. The maximum absolute atomic E-state index is 11.6. The molecule has 0 aromatic carbocycles. The van der Waals surface area contributed by atoms with Crippen molar-refractivity contribution < 1.29 is 14.3 Å². The molecule has 0 spiro atoms. The van der Waals surface area contributed by atoms with E-state index in [0.717, 1.165) is 12.8 Å². The van der Waals surface area contributed by atoms with Gasteiger partial charge >= 0.3 is 6.09 Å². The first kappa shape index (κ1) is 18.5. The Morgan fingerprint density at radius 1 is 1.25 bits per heavy atom. The Hall–Kier alpha value is -1.52. The Bertz CT molecular complexity index is 327. The van der Waals surface area contributed by atoms with Gasteiger partial charge < -0.3 is 15.0 Å². The topological polar surface area (TPSA) is 58.6 Å². The number of amides is 2. The minimum atomic E-state index is -0.483. The molecule has 5 heteroatoms. The van der Waals surface area contributed by atoms with Crippen LogP contribution in [0.2, 0.25) is 0 Å². The molecule has 0 aromatic rings. The largest absolute Gasteiger partial charge is 0.444 e. The van der Waals surface area contributed by atoms with Crippen molar-refractivity contribution in [2.24, 2.45) is 0 Å². The predicted molar refractivity (Wildman–Crippen MR) is 80.5 cm³/mol. The third-order valence-corrected chi connectivity index (χ3v) is 2.70. The van der Waals surface area contributed by atoms with Crippen molar-refractivity contribution in [3.8, 4) is 0 Å². The minimum absolute atomic E-state index is 0.0503. The zero-order chi connectivity index (χ0) is 15.8. The Labute approximate surface area is 122 Å². The van der Waals surface area contributed by atoms with Crippen LogP contribution in [0.25, 0.3) is 0 Å². The molecule has 1 saturated heterocycles. The summed E-state index contributed by atoms with van der Waals surface area (Å²) in [4.78, 5) is 24.7. The highest BCUT2D eigenvalue weighted by Crippen LogP contribution is 2.12. The smallest absolute Gasteiger partial charge is 0.407 e. The Balaban J connectivity index is 0.00000172. The second-order valence-corrected chi connectivity index (χ2v) is 5.45. The number of piperidine rings is 1. The lowest BCUT2D eigenvalue weighted by Crippen LogP contribution is -2.47. The maximum Gasteiger partial charge on any atom is 0.407 e. The Morgan fingerprint density at radius 3 is 2.15 bits per heavy atom. The lowest BCUT2D eigenvalue weighted by Gasteiger charge is -2.32. The van der Waals surface area contributed by atoms with E-state index in [2.05, 4.69) is 11.9 Å². The van der Waals surface area contributed by atoms with Crippen LogP contribution < -0.4 is 5.32 Å². The fourth-order valence-corrected chi connectivity index (χ4v) is 1.85. The monoisotopic (exact) mass is 284 g/mol. The molecule has 20 heavy (non-hydrogen) atoms. The van der Waals surface area contributed by atoms with Crippen LogP contribution in [0.4, 0.5) is 4.79 Å². The number of alkyl carbamates (subject to hydrolysis) is 1. The van der Waals surface area contributed by atoms with Gasteiger partial charge in [0.05, 0.1) is 0 Å². The normalized spacial score (nSPS) is 15.8. The highest BCUT2D eigenvalue weighted by Gasteiger charge is 2.24. The Kier molecular flexibility index (Phi) is 7.96. The lowest BCUT2D eigenvalue weighted by molar-refractivity contribution is -0.127. The van der Waals surface area contributed by atoms with Crippen LogP contribution in [0.5, 0.6) is 0 Å². The van der Waals surface area contributed by atoms with E-state index >= 15 is 0 Å². The quantitative estimate of drug-likeness (QED) is 0.793. The summed E-state index contributed by atoms with van der Waals surface area (Å²) in [7, 11) is 0. The second kappa shape index (κ2) is 8.61. The highest BCUT2D eigenvalue weighted by atomic mass is 16.6. The average molecular weight is 284 g/mol.